The van der Waals surface area contributed by atoms with Crippen LogP contribution in [0.4, 0.5) is 0 Å². The molecule has 0 saturated carbocycles. The minimum absolute atomic E-state index is 0.665. The van der Waals surface area contributed by atoms with Crippen molar-refractivity contribution >= 4 is 15.9 Å². The molecule has 0 unspecified atom stereocenters. The van der Waals surface area contributed by atoms with Crippen LogP contribution in [0.25, 0.3) is 0 Å². The summed E-state index contributed by atoms with van der Waals surface area (Å²) in [5.74, 6) is 1.48. The van der Waals surface area contributed by atoms with Gasteiger partial charge in [-0.15, -0.1) is 0 Å². The highest BCUT2D eigenvalue weighted by atomic mass is 79.9. The molecule has 5 heteroatoms. The maximum absolute atomic E-state index is 5.24. The zero-order chi connectivity index (χ0) is 13.7. The van der Waals surface area contributed by atoms with E-state index in [0.29, 0.717) is 12.4 Å². The third kappa shape index (κ3) is 4.14. The number of rotatable bonds is 6. The maximum atomic E-state index is 5.24. The highest BCUT2D eigenvalue weighted by Crippen LogP contribution is 2.18. The van der Waals surface area contributed by atoms with E-state index in [0.717, 1.165) is 29.7 Å². The molecule has 0 aliphatic carbocycles. The van der Waals surface area contributed by atoms with Crippen LogP contribution in [0.15, 0.2) is 33.3 Å². The van der Waals surface area contributed by atoms with Gasteiger partial charge in [-0.3, -0.25) is 4.90 Å². The molecule has 0 aliphatic rings. The van der Waals surface area contributed by atoms with Gasteiger partial charge in [0, 0.05) is 17.4 Å². The van der Waals surface area contributed by atoms with E-state index < -0.39 is 0 Å². The van der Waals surface area contributed by atoms with E-state index in [9.17, 15) is 0 Å². The largest absolute Gasteiger partial charge is 0.338 e. The molecule has 2 aromatic rings. The van der Waals surface area contributed by atoms with E-state index in [4.69, 9.17) is 4.52 Å². The Kier molecular flexibility index (Phi) is 5.10. The van der Waals surface area contributed by atoms with Crippen molar-refractivity contribution < 1.29 is 4.52 Å². The van der Waals surface area contributed by atoms with Gasteiger partial charge in [0.1, 0.15) is 0 Å². The summed E-state index contributed by atoms with van der Waals surface area (Å²) in [5, 5.41) is 3.96. The normalized spacial score (nSPS) is 11.2. The van der Waals surface area contributed by atoms with E-state index in [1.54, 1.807) is 0 Å². The Morgan fingerprint density at radius 3 is 2.79 bits per heavy atom. The van der Waals surface area contributed by atoms with Crippen LogP contribution in [0.2, 0.25) is 0 Å². The van der Waals surface area contributed by atoms with Gasteiger partial charge in [-0.25, -0.2) is 0 Å². The van der Waals surface area contributed by atoms with Crippen LogP contribution in [0.3, 0.4) is 0 Å². The molecule has 4 nitrogen and oxygen atoms in total. The lowest BCUT2D eigenvalue weighted by atomic mass is 10.2. The first kappa shape index (κ1) is 14.2. The predicted octanol–water partition coefficient (Wildman–Crippen LogP) is 3.42. The summed E-state index contributed by atoms with van der Waals surface area (Å²) >= 11 is 3.56. The Morgan fingerprint density at radius 1 is 1.26 bits per heavy atom. The molecule has 0 amide bonds. The molecule has 0 N–H and O–H groups in total. The molecule has 1 aromatic carbocycles. The van der Waals surface area contributed by atoms with Crippen LogP contribution in [-0.2, 0) is 19.5 Å². The Morgan fingerprint density at radius 2 is 2.05 bits per heavy atom. The molecule has 0 spiro atoms. The van der Waals surface area contributed by atoms with Gasteiger partial charge in [-0.1, -0.05) is 46.2 Å². The smallest absolute Gasteiger partial charge is 0.240 e. The first-order chi connectivity index (χ1) is 9.19. The molecule has 2 rings (SSSR count). The Balaban J connectivity index is 1.93. The summed E-state index contributed by atoms with van der Waals surface area (Å²) in [5.41, 5.74) is 1.25. The van der Waals surface area contributed by atoms with Crippen LogP contribution < -0.4 is 0 Å². The fraction of sp³-hybridized carbons (Fsp3) is 0.429. The average molecular weight is 324 g/mol. The van der Waals surface area contributed by atoms with Crippen LogP contribution in [0.5, 0.6) is 0 Å². The van der Waals surface area contributed by atoms with E-state index in [-0.39, 0.29) is 0 Å². The quantitative estimate of drug-likeness (QED) is 0.816. The predicted molar refractivity (Wildman–Crippen MR) is 77.6 cm³/mol. The summed E-state index contributed by atoms with van der Waals surface area (Å²) < 4.78 is 6.37. The molecule has 0 radical (unpaired) electrons. The van der Waals surface area contributed by atoms with Crippen LogP contribution in [0, 0.1) is 0 Å². The zero-order valence-electron chi connectivity index (χ0n) is 11.3. The third-order valence-corrected chi connectivity index (χ3v) is 3.56. The number of hydrogen-bond acceptors (Lipinski definition) is 4. The number of nitrogens with zero attached hydrogens (tertiary/aromatic N) is 3. The van der Waals surface area contributed by atoms with Gasteiger partial charge in [0.25, 0.3) is 0 Å². The second-order valence-electron chi connectivity index (χ2n) is 4.62. The third-order valence-electron chi connectivity index (χ3n) is 2.79. The van der Waals surface area contributed by atoms with Crippen LogP contribution in [0.1, 0.15) is 30.6 Å². The van der Waals surface area contributed by atoms with Gasteiger partial charge in [0.2, 0.25) is 5.89 Å². The monoisotopic (exact) mass is 323 g/mol. The summed E-state index contributed by atoms with van der Waals surface area (Å²) in [6, 6.07) is 8.22. The summed E-state index contributed by atoms with van der Waals surface area (Å²) in [4.78, 5) is 6.53. The van der Waals surface area contributed by atoms with Crippen LogP contribution in [-0.4, -0.2) is 22.1 Å². The lowest BCUT2D eigenvalue weighted by Gasteiger charge is -2.15. The molecule has 0 bridgehead atoms. The molecule has 1 aromatic heterocycles. The summed E-state index contributed by atoms with van der Waals surface area (Å²) in [7, 11) is 2.04. The van der Waals surface area contributed by atoms with Crippen molar-refractivity contribution in [3.63, 3.8) is 0 Å². The highest BCUT2D eigenvalue weighted by Gasteiger charge is 2.10. The van der Waals surface area contributed by atoms with Gasteiger partial charge in [-0.05, 0) is 25.1 Å². The number of halogens is 1. The van der Waals surface area contributed by atoms with Crippen molar-refractivity contribution in [2.24, 2.45) is 0 Å². The minimum Gasteiger partial charge on any atom is -0.338 e. The topological polar surface area (TPSA) is 42.2 Å². The average Bonchev–Trinajstić information content (AvgIpc) is 2.80. The molecular weight excluding hydrogens is 306 g/mol. The number of aryl methyl sites for hydroxylation is 1. The lowest BCUT2D eigenvalue weighted by Crippen LogP contribution is -2.17. The van der Waals surface area contributed by atoms with Gasteiger partial charge in [0.05, 0.1) is 6.54 Å². The minimum atomic E-state index is 0.665. The fourth-order valence-corrected chi connectivity index (χ4v) is 2.29. The van der Waals surface area contributed by atoms with E-state index in [1.165, 1.54) is 5.56 Å². The van der Waals surface area contributed by atoms with E-state index in [1.807, 2.05) is 19.2 Å². The van der Waals surface area contributed by atoms with Crippen molar-refractivity contribution in [3.05, 3.63) is 46.0 Å². The van der Waals surface area contributed by atoms with Crippen molar-refractivity contribution in [1.29, 1.82) is 0 Å². The molecule has 0 aliphatic heterocycles. The molecular formula is C14H18BrN3O. The standard InChI is InChI=1S/C14H18BrN3O/c1-3-6-13-16-14(19-17-13)10-18(2)9-11-7-4-5-8-12(11)15/h4-5,7-8H,3,6,9-10H2,1-2H3. The molecule has 0 saturated heterocycles. The molecule has 0 fully saturated rings. The molecule has 19 heavy (non-hydrogen) atoms. The number of hydrogen-bond donors (Lipinski definition) is 0. The number of benzene rings is 1. The Bertz CT molecular complexity index is 527. The van der Waals surface area contributed by atoms with Crippen molar-refractivity contribution in [2.45, 2.75) is 32.9 Å². The fourth-order valence-electron chi connectivity index (χ4n) is 1.88. The maximum Gasteiger partial charge on any atom is 0.240 e. The second-order valence-corrected chi connectivity index (χ2v) is 5.47. The highest BCUT2D eigenvalue weighted by molar-refractivity contribution is 9.10. The Hall–Kier alpha value is -1.20. The Labute approximate surface area is 121 Å². The van der Waals surface area contributed by atoms with Gasteiger partial charge < -0.3 is 4.52 Å². The lowest BCUT2D eigenvalue weighted by molar-refractivity contribution is 0.260. The van der Waals surface area contributed by atoms with E-state index >= 15 is 0 Å². The van der Waals surface area contributed by atoms with Gasteiger partial charge >= 0.3 is 0 Å². The second kappa shape index (κ2) is 6.82. The number of aromatic nitrogens is 2. The molecule has 102 valence electrons. The molecule has 0 atom stereocenters. The first-order valence-corrected chi connectivity index (χ1v) is 7.21. The van der Waals surface area contributed by atoms with E-state index in [2.05, 4.69) is 50.0 Å². The van der Waals surface area contributed by atoms with Crippen molar-refractivity contribution in [3.8, 4) is 0 Å². The van der Waals surface area contributed by atoms with Gasteiger partial charge in [0.15, 0.2) is 5.82 Å². The van der Waals surface area contributed by atoms with Crippen molar-refractivity contribution in [2.75, 3.05) is 7.05 Å². The van der Waals surface area contributed by atoms with Gasteiger partial charge in [-0.2, -0.15) is 4.98 Å². The summed E-state index contributed by atoms with van der Waals surface area (Å²) in [6.07, 6.45) is 1.91. The van der Waals surface area contributed by atoms with Crippen LogP contribution >= 0.6 is 15.9 Å². The summed E-state index contributed by atoms with van der Waals surface area (Å²) in [6.45, 7) is 3.61. The SMILES string of the molecule is CCCc1noc(CN(C)Cc2ccccc2Br)n1. The molecule has 1 heterocycles. The zero-order valence-corrected chi connectivity index (χ0v) is 12.9. The van der Waals surface area contributed by atoms with Crippen molar-refractivity contribution in [1.82, 2.24) is 15.0 Å². The first-order valence-electron chi connectivity index (χ1n) is 6.42.